The Balaban J connectivity index is 1.59. The van der Waals surface area contributed by atoms with E-state index in [0.29, 0.717) is 4.90 Å². The second-order valence-corrected chi connectivity index (χ2v) is 11.5. The van der Waals surface area contributed by atoms with Crippen LogP contribution in [0.4, 0.5) is 0 Å². The number of rotatable bonds is 7. The van der Waals surface area contributed by atoms with Crippen molar-refractivity contribution in [2.75, 3.05) is 32.4 Å². The second kappa shape index (κ2) is 9.14. The van der Waals surface area contributed by atoms with Crippen LogP contribution < -0.4 is 9.88 Å². The molecule has 1 aliphatic heterocycles. The Hall–Kier alpha value is -1.44. The average Bonchev–Trinajstić information content (AvgIpc) is 3.34. The summed E-state index contributed by atoms with van der Waals surface area (Å²) in [4.78, 5) is 2.76. The van der Waals surface area contributed by atoms with Crippen molar-refractivity contribution in [3.05, 3.63) is 29.4 Å². The highest BCUT2D eigenvalue weighted by Gasteiger charge is 2.22. The van der Waals surface area contributed by atoms with E-state index in [1.807, 2.05) is 12.1 Å². The molecule has 2 aromatic rings. The van der Waals surface area contributed by atoms with Crippen LogP contribution in [-0.2, 0) is 16.4 Å². The van der Waals surface area contributed by atoms with Crippen LogP contribution >= 0.6 is 11.3 Å². The molecule has 1 N–H and O–H groups in total. The van der Waals surface area contributed by atoms with Crippen molar-refractivity contribution >= 4 is 37.5 Å². The van der Waals surface area contributed by atoms with Crippen molar-refractivity contribution in [2.24, 2.45) is 5.92 Å². The molecule has 5 nitrogen and oxygen atoms in total. The maximum absolute atomic E-state index is 12.0. The van der Waals surface area contributed by atoms with Gasteiger partial charge in [-0.2, -0.15) is 4.57 Å². The van der Waals surface area contributed by atoms with Gasteiger partial charge >= 0.3 is 0 Å². The van der Waals surface area contributed by atoms with Crippen molar-refractivity contribution in [1.82, 2.24) is 10.2 Å². The van der Waals surface area contributed by atoms with Crippen LogP contribution in [0.15, 0.2) is 29.3 Å². The molecule has 0 spiro atoms. The highest BCUT2D eigenvalue weighted by Crippen LogP contribution is 2.29. The molecule has 1 saturated carbocycles. The van der Waals surface area contributed by atoms with Crippen LogP contribution in [0.3, 0.4) is 0 Å². The van der Waals surface area contributed by atoms with Crippen molar-refractivity contribution in [1.29, 1.82) is 0 Å². The lowest BCUT2D eigenvalue weighted by Gasteiger charge is -2.25. The number of hydrogen-bond donors (Lipinski definition) is 1. The lowest BCUT2D eigenvalue weighted by Crippen LogP contribution is -2.40. The number of thiazole rings is 1. The zero-order valence-electron chi connectivity index (χ0n) is 17.3. The fourth-order valence-electron chi connectivity index (χ4n) is 4.51. The molecule has 2 heterocycles. The molecule has 2 aliphatic rings. The zero-order chi connectivity index (χ0) is 20.3. The van der Waals surface area contributed by atoms with Gasteiger partial charge in [0.05, 0.1) is 4.90 Å². The van der Waals surface area contributed by atoms with Gasteiger partial charge in [-0.3, -0.25) is 0 Å². The number of piperazine rings is 1. The molecule has 0 atom stereocenters. The van der Waals surface area contributed by atoms with Gasteiger partial charge in [0.25, 0.3) is 5.01 Å². The van der Waals surface area contributed by atoms with Crippen molar-refractivity contribution in [3.63, 3.8) is 0 Å². The third-order valence-electron chi connectivity index (χ3n) is 6.18. The molecule has 7 heteroatoms. The van der Waals surface area contributed by atoms with Crippen LogP contribution in [-0.4, -0.2) is 45.8 Å². The molecule has 0 bridgehead atoms. The molecule has 1 saturated heterocycles. The number of nitrogens with one attached hydrogen (secondary N) is 1. The standard InChI is InChI=1S/C22H32N3O2S2/c1-29(26,27)19-8-9-20-21(17-19)28-22(10-14-24-15-11-23-12-16-24)25(20)13-4-7-18-5-2-3-6-18/h8-10,14,17-18,23H,2-7,11-13,15-16H2,1H3/q+1. The minimum absolute atomic E-state index is 0.405. The monoisotopic (exact) mass is 434 g/mol. The van der Waals surface area contributed by atoms with E-state index in [1.165, 1.54) is 49.8 Å². The van der Waals surface area contributed by atoms with Gasteiger partial charge < -0.3 is 10.2 Å². The summed E-state index contributed by atoms with van der Waals surface area (Å²) in [5.74, 6) is 0.900. The van der Waals surface area contributed by atoms with Crippen molar-refractivity contribution in [2.45, 2.75) is 50.0 Å². The summed E-state index contributed by atoms with van der Waals surface area (Å²) >= 11 is 1.69. The van der Waals surface area contributed by atoms with E-state index in [4.69, 9.17) is 0 Å². The number of aryl methyl sites for hydroxylation is 1. The fraction of sp³-hybridized carbons (Fsp3) is 0.591. The summed E-state index contributed by atoms with van der Waals surface area (Å²) in [7, 11) is -3.19. The second-order valence-electron chi connectivity index (χ2n) is 8.39. The third-order valence-corrected chi connectivity index (χ3v) is 8.40. The van der Waals surface area contributed by atoms with E-state index >= 15 is 0 Å². The van der Waals surface area contributed by atoms with Gasteiger partial charge in [-0.05, 0) is 24.5 Å². The van der Waals surface area contributed by atoms with Gasteiger partial charge in [-0.25, -0.2) is 8.42 Å². The minimum atomic E-state index is -3.19. The summed E-state index contributed by atoms with van der Waals surface area (Å²) in [6, 6.07) is 5.58. The number of fused-ring (bicyclic) bond motifs is 1. The number of benzene rings is 1. The molecule has 1 aromatic carbocycles. The SMILES string of the molecule is CS(=O)(=O)c1ccc2c(c1)sc(/C=C/N1CCNCC1)[n+]2CCCC1CCCC1. The van der Waals surface area contributed by atoms with Gasteiger partial charge in [0.15, 0.2) is 16.4 Å². The first-order valence-corrected chi connectivity index (χ1v) is 13.5. The van der Waals surface area contributed by atoms with E-state index in [2.05, 4.69) is 27.1 Å². The molecule has 29 heavy (non-hydrogen) atoms. The van der Waals surface area contributed by atoms with Crippen LogP contribution in [0, 0.1) is 5.92 Å². The van der Waals surface area contributed by atoms with Crippen LogP contribution in [0.1, 0.15) is 43.5 Å². The van der Waals surface area contributed by atoms with E-state index in [0.717, 1.165) is 48.9 Å². The summed E-state index contributed by atoms with van der Waals surface area (Å²) in [5, 5.41) is 4.59. The zero-order valence-corrected chi connectivity index (χ0v) is 18.9. The summed E-state index contributed by atoms with van der Waals surface area (Å²) in [5.41, 5.74) is 1.15. The number of nitrogens with zero attached hydrogens (tertiary/aromatic N) is 2. The minimum Gasteiger partial charge on any atom is -0.375 e. The molecule has 4 rings (SSSR count). The quantitative estimate of drug-likeness (QED) is 0.679. The van der Waals surface area contributed by atoms with E-state index in [-0.39, 0.29) is 0 Å². The maximum atomic E-state index is 12.0. The van der Waals surface area contributed by atoms with Gasteiger partial charge in [0.2, 0.25) is 5.52 Å². The Morgan fingerprint density at radius 1 is 1.24 bits per heavy atom. The topological polar surface area (TPSA) is 53.3 Å². The van der Waals surface area contributed by atoms with Crippen molar-refractivity contribution in [3.8, 4) is 0 Å². The van der Waals surface area contributed by atoms with E-state index in [9.17, 15) is 8.42 Å². The Kier molecular flexibility index (Phi) is 6.56. The van der Waals surface area contributed by atoms with Gasteiger partial charge in [0.1, 0.15) is 4.70 Å². The number of aromatic nitrogens is 1. The molecule has 158 valence electrons. The van der Waals surface area contributed by atoms with Crippen LogP contribution in [0.5, 0.6) is 0 Å². The first-order chi connectivity index (χ1) is 14.0. The van der Waals surface area contributed by atoms with E-state index < -0.39 is 9.84 Å². The predicted molar refractivity (Wildman–Crippen MR) is 120 cm³/mol. The van der Waals surface area contributed by atoms with E-state index in [1.54, 1.807) is 17.4 Å². The molecule has 0 radical (unpaired) electrons. The maximum Gasteiger partial charge on any atom is 0.264 e. The van der Waals surface area contributed by atoms with Gasteiger partial charge in [0, 0.05) is 57.2 Å². The Labute approximate surface area is 178 Å². The van der Waals surface area contributed by atoms with Crippen LogP contribution in [0.25, 0.3) is 16.3 Å². The Bertz CT molecular complexity index is 969. The first kappa shape index (κ1) is 20.8. The highest BCUT2D eigenvalue weighted by atomic mass is 32.2. The van der Waals surface area contributed by atoms with Crippen LogP contribution in [0.2, 0.25) is 0 Å². The molecular formula is C22H32N3O2S2+. The fourth-order valence-corrected chi connectivity index (χ4v) is 6.35. The molecule has 0 unspecified atom stereocenters. The largest absolute Gasteiger partial charge is 0.375 e. The average molecular weight is 435 g/mol. The van der Waals surface area contributed by atoms with Gasteiger partial charge in [-0.1, -0.05) is 37.0 Å². The highest BCUT2D eigenvalue weighted by molar-refractivity contribution is 7.90. The summed E-state index contributed by atoms with van der Waals surface area (Å²) in [6.07, 6.45) is 13.8. The lowest BCUT2D eigenvalue weighted by atomic mass is 10.0. The smallest absolute Gasteiger partial charge is 0.264 e. The predicted octanol–water partition coefficient (Wildman–Crippen LogP) is 3.44. The molecule has 1 aliphatic carbocycles. The Morgan fingerprint density at radius 3 is 2.72 bits per heavy atom. The lowest BCUT2D eigenvalue weighted by molar-refractivity contribution is -0.669. The molecule has 1 aromatic heterocycles. The number of hydrogen-bond acceptors (Lipinski definition) is 5. The summed E-state index contributed by atoms with van der Waals surface area (Å²) < 4.78 is 27.4. The first-order valence-electron chi connectivity index (χ1n) is 10.8. The molecule has 2 fully saturated rings. The van der Waals surface area contributed by atoms with Crippen molar-refractivity contribution < 1.29 is 13.0 Å². The Morgan fingerprint density at radius 2 is 2.00 bits per heavy atom. The number of sulfone groups is 1. The third kappa shape index (κ3) is 5.19. The summed E-state index contributed by atoms with van der Waals surface area (Å²) in [6.45, 7) is 5.10. The van der Waals surface area contributed by atoms with Gasteiger partial charge in [-0.15, -0.1) is 0 Å². The molecular weight excluding hydrogens is 402 g/mol. The molecule has 0 amide bonds. The normalized spacial score (nSPS) is 19.0.